The van der Waals surface area contributed by atoms with Crippen LogP contribution in [-0.2, 0) is 17.6 Å². The molecule has 116 valence electrons. The van der Waals surface area contributed by atoms with Crippen LogP contribution >= 0.6 is 0 Å². The minimum atomic E-state index is -0.235. The third-order valence-corrected chi connectivity index (χ3v) is 3.77. The molecule has 0 spiro atoms. The van der Waals surface area contributed by atoms with Crippen molar-refractivity contribution in [2.75, 3.05) is 6.54 Å². The van der Waals surface area contributed by atoms with Gasteiger partial charge in [-0.15, -0.1) is 0 Å². The van der Waals surface area contributed by atoms with Gasteiger partial charge >= 0.3 is 0 Å². The fourth-order valence-electron chi connectivity index (χ4n) is 2.46. The van der Waals surface area contributed by atoms with Crippen molar-refractivity contribution in [3.8, 4) is 0 Å². The van der Waals surface area contributed by atoms with Gasteiger partial charge in [-0.2, -0.15) is 0 Å². The Hall–Kier alpha value is -2.16. The van der Waals surface area contributed by atoms with Gasteiger partial charge in [0.05, 0.1) is 0 Å². The highest BCUT2D eigenvalue weighted by atomic mass is 19.1. The van der Waals surface area contributed by atoms with E-state index in [9.17, 15) is 9.18 Å². The molecular formula is C19H22FNO. The molecule has 1 N–H and O–H groups in total. The largest absolute Gasteiger partial charge is 0.356 e. The number of benzene rings is 2. The van der Waals surface area contributed by atoms with Crippen LogP contribution in [0.2, 0.25) is 0 Å². The average Bonchev–Trinajstić information content (AvgIpc) is 2.48. The van der Waals surface area contributed by atoms with Crippen molar-refractivity contribution in [1.82, 2.24) is 5.32 Å². The number of nitrogens with one attached hydrogen (secondary N) is 1. The Kier molecular flexibility index (Phi) is 5.70. The summed E-state index contributed by atoms with van der Waals surface area (Å²) >= 11 is 0. The Bertz CT molecular complexity index is 634. The number of hydrogen-bond donors (Lipinski definition) is 1. The molecule has 0 bridgehead atoms. The maximum Gasteiger partial charge on any atom is 0.220 e. The van der Waals surface area contributed by atoms with Crippen molar-refractivity contribution in [1.29, 1.82) is 0 Å². The number of carbonyl (C=O) groups excluding carboxylic acids is 1. The zero-order valence-corrected chi connectivity index (χ0v) is 13.2. The Balaban J connectivity index is 1.72. The minimum absolute atomic E-state index is 0.0575. The predicted octanol–water partition coefficient (Wildman–Crippen LogP) is 3.73. The van der Waals surface area contributed by atoms with Crippen molar-refractivity contribution in [3.05, 3.63) is 70.5 Å². The summed E-state index contributed by atoms with van der Waals surface area (Å²) < 4.78 is 12.8. The summed E-state index contributed by atoms with van der Waals surface area (Å²) in [5.41, 5.74) is 4.72. The molecule has 0 atom stereocenters. The van der Waals surface area contributed by atoms with Gasteiger partial charge in [0, 0.05) is 13.0 Å². The first-order valence-corrected chi connectivity index (χ1v) is 7.62. The summed E-state index contributed by atoms with van der Waals surface area (Å²) in [4.78, 5) is 11.9. The van der Waals surface area contributed by atoms with E-state index in [1.807, 2.05) is 0 Å². The molecule has 0 aliphatic heterocycles. The normalized spacial score (nSPS) is 10.5. The van der Waals surface area contributed by atoms with Crippen LogP contribution in [0.3, 0.4) is 0 Å². The van der Waals surface area contributed by atoms with E-state index in [0.717, 1.165) is 18.4 Å². The van der Waals surface area contributed by atoms with Gasteiger partial charge in [0.2, 0.25) is 5.91 Å². The van der Waals surface area contributed by atoms with Crippen LogP contribution in [0.25, 0.3) is 0 Å². The van der Waals surface area contributed by atoms with E-state index in [1.54, 1.807) is 12.1 Å². The SMILES string of the molecule is Cc1ccc(CCC(=O)NCCc2ccc(F)cc2)c(C)c1. The third kappa shape index (κ3) is 4.99. The topological polar surface area (TPSA) is 29.1 Å². The average molecular weight is 299 g/mol. The van der Waals surface area contributed by atoms with Crippen LogP contribution in [0.15, 0.2) is 42.5 Å². The number of aryl methyl sites for hydroxylation is 3. The van der Waals surface area contributed by atoms with Crippen LogP contribution in [-0.4, -0.2) is 12.5 Å². The first-order chi connectivity index (χ1) is 10.5. The van der Waals surface area contributed by atoms with Gasteiger partial charge in [-0.1, -0.05) is 35.9 Å². The molecule has 22 heavy (non-hydrogen) atoms. The molecule has 3 heteroatoms. The standard InChI is InChI=1S/C19H22FNO/c1-14-3-6-17(15(2)13-14)7-10-19(22)21-12-11-16-4-8-18(20)9-5-16/h3-6,8-9,13H,7,10-12H2,1-2H3,(H,21,22). The summed E-state index contributed by atoms with van der Waals surface area (Å²) in [7, 11) is 0. The fourth-order valence-corrected chi connectivity index (χ4v) is 2.46. The Morgan fingerprint density at radius 2 is 1.77 bits per heavy atom. The lowest BCUT2D eigenvalue weighted by Gasteiger charge is -2.08. The van der Waals surface area contributed by atoms with Crippen molar-refractivity contribution >= 4 is 5.91 Å². The van der Waals surface area contributed by atoms with Gasteiger partial charge in [0.1, 0.15) is 5.82 Å². The second-order valence-corrected chi connectivity index (χ2v) is 5.66. The van der Waals surface area contributed by atoms with Gasteiger partial charge in [0.15, 0.2) is 0 Å². The number of hydrogen-bond acceptors (Lipinski definition) is 1. The van der Waals surface area contributed by atoms with Crippen molar-refractivity contribution in [3.63, 3.8) is 0 Å². The predicted molar refractivity (Wildman–Crippen MR) is 87.4 cm³/mol. The molecule has 1 amide bonds. The van der Waals surface area contributed by atoms with E-state index in [2.05, 4.69) is 37.4 Å². The monoisotopic (exact) mass is 299 g/mol. The van der Waals surface area contributed by atoms with Gasteiger partial charge in [0.25, 0.3) is 0 Å². The zero-order valence-electron chi connectivity index (χ0n) is 13.2. The highest BCUT2D eigenvalue weighted by Crippen LogP contribution is 2.12. The first-order valence-electron chi connectivity index (χ1n) is 7.62. The fraction of sp³-hybridized carbons (Fsp3) is 0.316. The Morgan fingerprint density at radius 3 is 2.45 bits per heavy atom. The van der Waals surface area contributed by atoms with E-state index in [1.165, 1.54) is 28.8 Å². The summed E-state index contributed by atoms with van der Waals surface area (Å²) in [6.45, 7) is 4.73. The highest BCUT2D eigenvalue weighted by Gasteiger charge is 2.04. The van der Waals surface area contributed by atoms with Gasteiger partial charge in [-0.05, 0) is 55.5 Å². The smallest absolute Gasteiger partial charge is 0.220 e. The van der Waals surface area contributed by atoms with Crippen LogP contribution in [0, 0.1) is 19.7 Å². The van der Waals surface area contributed by atoms with Crippen LogP contribution in [0.5, 0.6) is 0 Å². The number of halogens is 1. The molecule has 2 rings (SSSR count). The van der Waals surface area contributed by atoms with E-state index in [4.69, 9.17) is 0 Å². The van der Waals surface area contributed by atoms with E-state index in [-0.39, 0.29) is 11.7 Å². The molecule has 0 aliphatic carbocycles. The van der Waals surface area contributed by atoms with Crippen LogP contribution < -0.4 is 5.32 Å². The van der Waals surface area contributed by atoms with Gasteiger partial charge in [-0.3, -0.25) is 4.79 Å². The van der Waals surface area contributed by atoms with Gasteiger partial charge in [-0.25, -0.2) is 4.39 Å². The summed E-state index contributed by atoms with van der Waals surface area (Å²) in [6, 6.07) is 12.7. The molecule has 0 saturated heterocycles. The molecule has 0 radical (unpaired) electrons. The second kappa shape index (κ2) is 7.74. The number of rotatable bonds is 6. The van der Waals surface area contributed by atoms with Crippen molar-refractivity contribution < 1.29 is 9.18 Å². The lowest BCUT2D eigenvalue weighted by atomic mass is 10.0. The third-order valence-electron chi connectivity index (χ3n) is 3.77. The molecule has 0 aromatic heterocycles. The summed E-state index contributed by atoms with van der Waals surface area (Å²) in [6.07, 6.45) is 1.97. The number of carbonyl (C=O) groups is 1. The van der Waals surface area contributed by atoms with Crippen molar-refractivity contribution in [2.24, 2.45) is 0 Å². The molecule has 2 nitrogen and oxygen atoms in total. The first kappa shape index (κ1) is 16.2. The van der Waals surface area contributed by atoms with Crippen LogP contribution in [0.4, 0.5) is 4.39 Å². The van der Waals surface area contributed by atoms with E-state index >= 15 is 0 Å². The Morgan fingerprint density at radius 1 is 1.05 bits per heavy atom. The van der Waals surface area contributed by atoms with Gasteiger partial charge < -0.3 is 5.32 Å². The molecule has 2 aromatic carbocycles. The quantitative estimate of drug-likeness (QED) is 0.865. The summed E-state index contributed by atoms with van der Waals surface area (Å²) in [5.74, 6) is -0.177. The molecular weight excluding hydrogens is 277 g/mol. The Labute approximate surface area is 131 Å². The molecule has 0 heterocycles. The minimum Gasteiger partial charge on any atom is -0.356 e. The zero-order chi connectivity index (χ0) is 15.9. The van der Waals surface area contributed by atoms with Crippen LogP contribution in [0.1, 0.15) is 28.7 Å². The molecule has 0 fully saturated rings. The van der Waals surface area contributed by atoms with E-state index < -0.39 is 0 Å². The second-order valence-electron chi connectivity index (χ2n) is 5.66. The van der Waals surface area contributed by atoms with E-state index in [0.29, 0.717) is 13.0 Å². The number of amides is 1. The van der Waals surface area contributed by atoms with Crippen molar-refractivity contribution in [2.45, 2.75) is 33.1 Å². The summed E-state index contributed by atoms with van der Waals surface area (Å²) in [5, 5.41) is 2.91. The molecule has 2 aromatic rings. The maximum atomic E-state index is 12.8. The maximum absolute atomic E-state index is 12.8. The lowest BCUT2D eigenvalue weighted by Crippen LogP contribution is -2.25. The molecule has 0 unspecified atom stereocenters. The highest BCUT2D eigenvalue weighted by molar-refractivity contribution is 5.76. The molecule has 0 aliphatic rings. The lowest BCUT2D eigenvalue weighted by molar-refractivity contribution is -0.121. The molecule has 0 saturated carbocycles.